The fraction of sp³-hybridized carbons (Fsp3) is 0.556. The number of hydrogen-bond acceptors (Lipinski definition) is 3. The molecule has 128 valence electrons. The minimum atomic E-state index is 0. The van der Waals surface area contributed by atoms with Gasteiger partial charge in [-0.05, 0) is 56.5 Å². The number of hydrogen-bond donors (Lipinski definition) is 0. The fourth-order valence-electron chi connectivity index (χ4n) is 4.78. The van der Waals surface area contributed by atoms with Crippen molar-refractivity contribution in [3.8, 4) is 0 Å². The molecule has 0 unspecified atom stereocenters. The van der Waals surface area contributed by atoms with Crippen molar-refractivity contribution >= 4 is 29.2 Å². The molecule has 24 heavy (non-hydrogen) atoms. The van der Waals surface area contributed by atoms with Gasteiger partial charge in [0.05, 0.1) is 23.8 Å². The molecule has 1 amide bonds. The van der Waals surface area contributed by atoms with E-state index in [-0.39, 0.29) is 18.3 Å². The largest absolute Gasteiger partial charge is 0.332 e. The van der Waals surface area contributed by atoms with Crippen LogP contribution in [0.1, 0.15) is 28.8 Å². The van der Waals surface area contributed by atoms with Gasteiger partial charge in [-0.15, -0.1) is 12.4 Å². The van der Waals surface area contributed by atoms with Crippen LogP contribution in [0, 0.1) is 12.8 Å². The normalized spacial score (nSPS) is 28.8. The van der Waals surface area contributed by atoms with Crippen LogP contribution in [-0.2, 0) is 6.54 Å². The van der Waals surface area contributed by atoms with Crippen LogP contribution >= 0.6 is 12.4 Å². The van der Waals surface area contributed by atoms with Gasteiger partial charge in [-0.3, -0.25) is 9.48 Å². The van der Waals surface area contributed by atoms with E-state index in [2.05, 4.69) is 27.9 Å². The summed E-state index contributed by atoms with van der Waals surface area (Å²) in [5.74, 6) is 0.881. The van der Waals surface area contributed by atoms with Gasteiger partial charge in [0.25, 0.3) is 5.91 Å². The molecule has 0 N–H and O–H groups in total. The van der Waals surface area contributed by atoms with Gasteiger partial charge >= 0.3 is 0 Å². The highest BCUT2D eigenvalue weighted by atomic mass is 35.5. The van der Waals surface area contributed by atoms with Crippen LogP contribution in [0.15, 0.2) is 18.3 Å². The third-order valence-electron chi connectivity index (χ3n) is 5.94. The topological polar surface area (TPSA) is 41.4 Å². The van der Waals surface area contributed by atoms with E-state index in [1.165, 1.54) is 25.9 Å². The molecular formula is C18H23ClN4O. The van der Waals surface area contributed by atoms with Gasteiger partial charge < -0.3 is 9.80 Å². The number of fused-ring (bicyclic) bond motifs is 3. The molecule has 1 aromatic carbocycles. The predicted octanol–water partition coefficient (Wildman–Crippen LogP) is 2.32. The maximum absolute atomic E-state index is 13.3. The summed E-state index contributed by atoms with van der Waals surface area (Å²) < 4.78 is 2.02. The minimum absolute atomic E-state index is 0. The van der Waals surface area contributed by atoms with Crippen molar-refractivity contribution in [1.29, 1.82) is 0 Å². The SMILES string of the molecule is Cc1cc2c3c(cnn3CCN([C@@H]3CN4CCC3CC4)C2=O)c1.Cl. The molecule has 3 fully saturated rings. The molecule has 1 aromatic heterocycles. The first-order valence-electron chi connectivity index (χ1n) is 8.70. The molecular weight excluding hydrogens is 324 g/mol. The van der Waals surface area contributed by atoms with Crippen LogP contribution in [0.5, 0.6) is 0 Å². The standard InChI is InChI=1S/C18H22N4O.ClH/c1-12-8-14-10-19-22-7-6-21(18(23)15(9-12)17(14)22)16-11-20-4-2-13(16)3-5-20;/h8-10,13,16H,2-7,11H2,1H3;1H/t16-;/m1./s1. The zero-order valence-corrected chi connectivity index (χ0v) is 14.8. The second-order valence-corrected chi connectivity index (χ2v) is 7.32. The first-order valence-corrected chi connectivity index (χ1v) is 8.70. The summed E-state index contributed by atoms with van der Waals surface area (Å²) in [6.07, 6.45) is 4.37. The predicted molar refractivity (Wildman–Crippen MR) is 95.7 cm³/mol. The van der Waals surface area contributed by atoms with Crippen molar-refractivity contribution < 1.29 is 4.79 Å². The Hall–Kier alpha value is -1.59. The second-order valence-electron chi connectivity index (χ2n) is 7.32. The average Bonchev–Trinajstić information content (AvgIpc) is 2.91. The third-order valence-corrected chi connectivity index (χ3v) is 5.94. The Morgan fingerprint density at radius 3 is 2.62 bits per heavy atom. The molecule has 6 heteroatoms. The third kappa shape index (κ3) is 2.25. The molecule has 2 bridgehead atoms. The monoisotopic (exact) mass is 346 g/mol. The number of rotatable bonds is 1. The minimum Gasteiger partial charge on any atom is -0.332 e. The van der Waals surface area contributed by atoms with Gasteiger partial charge in [-0.25, -0.2) is 0 Å². The summed E-state index contributed by atoms with van der Waals surface area (Å²) in [5, 5.41) is 5.60. The molecule has 0 saturated carbocycles. The Balaban J connectivity index is 0.00000146. The zero-order chi connectivity index (χ0) is 15.6. The quantitative estimate of drug-likeness (QED) is 0.795. The number of halogens is 1. The van der Waals surface area contributed by atoms with E-state index in [9.17, 15) is 4.79 Å². The lowest BCUT2D eigenvalue weighted by atomic mass is 9.83. The average molecular weight is 347 g/mol. The van der Waals surface area contributed by atoms with E-state index in [1.54, 1.807) is 0 Å². The van der Waals surface area contributed by atoms with Gasteiger partial charge in [0, 0.05) is 24.5 Å². The van der Waals surface area contributed by atoms with Crippen LogP contribution in [0.25, 0.3) is 10.9 Å². The Labute approximate surface area is 148 Å². The number of aromatic nitrogens is 2. The summed E-state index contributed by atoms with van der Waals surface area (Å²) >= 11 is 0. The molecule has 4 aliphatic heterocycles. The molecule has 1 atom stereocenters. The molecule has 4 aliphatic rings. The Bertz CT molecular complexity index is 794. The van der Waals surface area contributed by atoms with Crippen molar-refractivity contribution in [2.45, 2.75) is 32.4 Å². The van der Waals surface area contributed by atoms with Crippen LogP contribution in [-0.4, -0.2) is 57.7 Å². The maximum Gasteiger partial charge on any atom is 0.256 e. The van der Waals surface area contributed by atoms with Gasteiger partial charge in [0.1, 0.15) is 0 Å². The number of carbonyl (C=O) groups is 1. The molecule has 5 nitrogen and oxygen atoms in total. The molecule has 2 aromatic rings. The molecule has 0 spiro atoms. The van der Waals surface area contributed by atoms with Crippen LogP contribution in [0.4, 0.5) is 0 Å². The van der Waals surface area contributed by atoms with Crippen molar-refractivity contribution in [2.24, 2.45) is 5.92 Å². The number of benzene rings is 1. The van der Waals surface area contributed by atoms with Gasteiger partial charge in [0.15, 0.2) is 0 Å². The Kier molecular flexibility index (Phi) is 3.81. The summed E-state index contributed by atoms with van der Waals surface area (Å²) in [7, 11) is 0. The smallest absolute Gasteiger partial charge is 0.256 e. The Morgan fingerprint density at radius 2 is 1.92 bits per heavy atom. The van der Waals surface area contributed by atoms with E-state index in [1.807, 2.05) is 16.9 Å². The highest BCUT2D eigenvalue weighted by molar-refractivity contribution is 6.06. The molecule has 6 rings (SSSR count). The maximum atomic E-state index is 13.3. The lowest BCUT2D eigenvalue weighted by Gasteiger charge is -2.48. The van der Waals surface area contributed by atoms with Crippen LogP contribution in [0.3, 0.4) is 0 Å². The lowest BCUT2D eigenvalue weighted by molar-refractivity contribution is 0.00706. The summed E-state index contributed by atoms with van der Waals surface area (Å²) in [6, 6.07) is 4.55. The van der Waals surface area contributed by atoms with E-state index in [0.29, 0.717) is 12.0 Å². The first-order chi connectivity index (χ1) is 11.2. The number of piperidine rings is 3. The first kappa shape index (κ1) is 15.9. The van der Waals surface area contributed by atoms with Gasteiger partial charge in [0.2, 0.25) is 0 Å². The number of nitrogens with zero attached hydrogens (tertiary/aromatic N) is 4. The van der Waals surface area contributed by atoms with Gasteiger partial charge in [-0.2, -0.15) is 5.10 Å². The van der Waals surface area contributed by atoms with E-state index in [0.717, 1.165) is 41.7 Å². The lowest BCUT2D eigenvalue weighted by Crippen LogP contribution is -2.58. The second kappa shape index (κ2) is 5.74. The molecule has 5 heterocycles. The van der Waals surface area contributed by atoms with Crippen molar-refractivity contribution in [3.63, 3.8) is 0 Å². The fourth-order valence-corrected chi connectivity index (χ4v) is 4.78. The van der Waals surface area contributed by atoms with Crippen molar-refractivity contribution in [2.75, 3.05) is 26.2 Å². The highest BCUT2D eigenvalue weighted by Crippen LogP contribution is 2.33. The number of carbonyl (C=O) groups excluding carboxylic acids is 1. The number of aryl methyl sites for hydroxylation is 1. The van der Waals surface area contributed by atoms with E-state index in [4.69, 9.17) is 0 Å². The van der Waals surface area contributed by atoms with E-state index < -0.39 is 0 Å². The molecule has 0 radical (unpaired) electrons. The van der Waals surface area contributed by atoms with Crippen molar-refractivity contribution in [1.82, 2.24) is 19.6 Å². The summed E-state index contributed by atoms with van der Waals surface area (Å²) in [4.78, 5) is 18.0. The zero-order valence-electron chi connectivity index (χ0n) is 13.9. The molecule has 3 saturated heterocycles. The van der Waals surface area contributed by atoms with Crippen molar-refractivity contribution in [3.05, 3.63) is 29.5 Å². The summed E-state index contributed by atoms with van der Waals surface area (Å²) in [5.41, 5.74) is 2.99. The number of amides is 1. The van der Waals surface area contributed by atoms with Gasteiger partial charge in [-0.1, -0.05) is 0 Å². The van der Waals surface area contributed by atoms with E-state index >= 15 is 0 Å². The summed E-state index contributed by atoms with van der Waals surface area (Å²) in [6.45, 7) is 7.10. The Morgan fingerprint density at radius 1 is 1.12 bits per heavy atom. The highest BCUT2D eigenvalue weighted by Gasteiger charge is 2.40. The van der Waals surface area contributed by atoms with Crippen LogP contribution in [0.2, 0.25) is 0 Å². The molecule has 0 aliphatic carbocycles. The van der Waals surface area contributed by atoms with Crippen LogP contribution < -0.4 is 0 Å².